The van der Waals surface area contributed by atoms with Crippen LogP contribution in [-0.4, -0.2) is 35.4 Å². The number of fused-ring (bicyclic) bond motifs is 2. The summed E-state index contributed by atoms with van der Waals surface area (Å²) in [5, 5.41) is 22.0. The molecule has 38 heavy (non-hydrogen) atoms. The minimum absolute atomic E-state index is 0.0245. The van der Waals surface area contributed by atoms with Crippen molar-refractivity contribution in [3.63, 3.8) is 0 Å². The van der Waals surface area contributed by atoms with Gasteiger partial charge in [-0.3, -0.25) is 4.79 Å². The SMILES string of the molecule is CC1(c2cc(O)c(C#N)c(F)c2)C(=O)Nc2nc(-c3cn4ccnc4c(CC4CCCCC4)n3)nc(N)c21. The number of anilines is 2. The number of nitrogens with zero attached hydrogens (tertiary/aromatic N) is 6. The zero-order valence-electron chi connectivity index (χ0n) is 20.7. The second-order valence-electron chi connectivity index (χ2n) is 10.1. The molecule has 6 rings (SSSR count). The molecule has 0 bridgehead atoms. The number of phenols is 1. The normalized spacial score (nSPS) is 19.3. The molecule has 1 aromatic carbocycles. The molecular weight excluding hydrogens is 487 g/mol. The number of carbonyl (C=O) groups is 1. The van der Waals surface area contributed by atoms with Gasteiger partial charge < -0.3 is 20.6 Å². The molecule has 2 aliphatic rings. The van der Waals surface area contributed by atoms with Crippen molar-refractivity contribution in [1.29, 1.82) is 5.26 Å². The molecule has 1 amide bonds. The smallest absolute Gasteiger partial charge is 0.240 e. The van der Waals surface area contributed by atoms with Gasteiger partial charge in [0.15, 0.2) is 11.5 Å². The molecule has 4 heterocycles. The van der Waals surface area contributed by atoms with Gasteiger partial charge in [-0.2, -0.15) is 5.26 Å². The molecule has 1 aliphatic carbocycles. The predicted octanol–water partition coefficient (Wildman–Crippen LogP) is 3.87. The molecule has 0 saturated heterocycles. The fourth-order valence-electron chi connectivity index (χ4n) is 5.70. The summed E-state index contributed by atoms with van der Waals surface area (Å²) in [4.78, 5) is 31.7. The van der Waals surface area contributed by atoms with Crippen molar-refractivity contribution >= 4 is 23.2 Å². The highest BCUT2D eigenvalue weighted by Crippen LogP contribution is 2.46. The van der Waals surface area contributed by atoms with Crippen molar-refractivity contribution in [3.05, 3.63) is 58.9 Å². The third kappa shape index (κ3) is 3.63. The van der Waals surface area contributed by atoms with E-state index in [1.807, 2.05) is 10.6 Å². The van der Waals surface area contributed by atoms with Gasteiger partial charge in [0, 0.05) is 18.6 Å². The maximum absolute atomic E-state index is 14.5. The summed E-state index contributed by atoms with van der Waals surface area (Å²) in [6.45, 7) is 1.55. The number of phenolic OH excluding ortho intramolecular Hbond substituents is 1. The highest BCUT2D eigenvalue weighted by atomic mass is 19.1. The van der Waals surface area contributed by atoms with E-state index in [2.05, 4.69) is 20.3 Å². The number of nitriles is 1. The van der Waals surface area contributed by atoms with Gasteiger partial charge in [0.05, 0.1) is 11.3 Å². The van der Waals surface area contributed by atoms with Crippen LogP contribution in [0.25, 0.3) is 17.2 Å². The Morgan fingerprint density at radius 2 is 2.05 bits per heavy atom. The lowest BCUT2D eigenvalue weighted by Gasteiger charge is -2.24. The maximum atomic E-state index is 14.5. The van der Waals surface area contributed by atoms with Crippen LogP contribution < -0.4 is 11.1 Å². The second-order valence-corrected chi connectivity index (χ2v) is 10.1. The molecule has 11 heteroatoms. The van der Waals surface area contributed by atoms with Crippen LogP contribution >= 0.6 is 0 Å². The highest BCUT2D eigenvalue weighted by Gasteiger charge is 2.48. The molecule has 1 atom stereocenters. The van der Waals surface area contributed by atoms with Crippen LogP contribution in [0.5, 0.6) is 5.75 Å². The van der Waals surface area contributed by atoms with E-state index < -0.39 is 28.5 Å². The van der Waals surface area contributed by atoms with Gasteiger partial charge in [0.2, 0.25) is 5.91 Å². The molecule has 3 aromatic heterocycles. The molecule has 1 saturated carbocycles. The lowest BCUT2D eigenvalue weighted by atomic mass is 9.77. The molecule has 1 aliphatic heterocycles. The van der Waals surface area contributed by atoms with Gasteiger partial charge in [-0.05, 0) is 37.0 Å². The molecule has 4 aromatic rings. The van der Waals surface area contributed by atoms with Crippen molar-refractivity contribution in [2.75, 3.05) is 11.1 Å². The number of rotatable bonds is 4. The average Bonchev–Trinajstić information content (AvgIpc) is 3.47. The number of hydrogen-bond donors (Lipinski definition) is 3. The van der Waals surface area contributed by atoms with E-state index in [-0.39, 0.29) is 28.6 Å². The molecular formula is C27H25FN8O2. The Hall–Kier alpha value is -4.59. The number of imidazole rings is 1. The standard InChI is InChI=1S/C27H25FN8O2/c1-27(15-10-17(28)16(12-29)20(37)11-15)21-22(30)33-23(34-24(21)35-26(27)38)19-13-36-8-7-31-25(36)18(32-19)9-14-5-3-2-4-6-14/h7-8,10-11,13-14,37H,2-6,9H2,1H3,(H3,30,33,34,35,38). The predicted molar refractivity (Wildman–Crippen MR) is 137 cm³/mol. The van der Waals surface area contributed by atoms with Crippen LogP contribution in [0.15, 0.2) is 30.7 Å². The van der Waals surface area contributed by atoms with Crippen LogP contribution in [0, 0.1) is 23.1 Å². The van der Waals surface area contributed by atoms with Crippen LogP contribution in [0.2, 0.25) is 0 Å². The monoisotopic (exact) mass is 512 g/mol. The van der Waals surface area contributed by atoms with Crippen molar-refractivity contribution in [2.45, 2.75) is 50.9 Å². The fraction of sp³-hybridized carbons (Fsp3) is 0.333. The van der Waals surface area contributed by atoms with Crippen molar-refractivity contribution in [1.82, 2.24) is 24.3 Å². The minimum Gasteiger partial charge on any atom is -0.506 e. The molecule has 1 unspecified atom stereocenters. The fourth-order valence-corrected chi connectivity index (χ4v) is 5.70. The Morgan fingerprint density at radius 1 is 1.26 bits per heavy atom. The first-order valence-electron chi connectivity index (χ1n) is 12.5. The maximum Gasteiger partial charge on any atom is 0.240 e. The molecule has 0 spiro atoms. The molecule has 10 nitrogen and oxygen atoms in total. The highest BCUT2D eigenvalue weighted by molar-refractivity contribution is 6.09. The summed E-state index contributed by atoms with van der Waals surface area (Å²) in [7, 11) is 0. The van der Waals surface area contributed by atoms with Gasteiger partial charge in [-0.1, -0.05) is 32.1 Å². The number of amides is 1. The summed E-state index contributed by atoms with van der Waals surface area (Å²) in [6.07, 6.45) is 12.2. The molecule has 4 N–H and O–H groups in total. The summed E-state index contributed by atoms with van der Waals surface area (Å²) in [5.74, 6) is -1.02. The summed E-state index contributed by atoms with van der Waals surface area (Å²) in [5.41, 5.74) is 6.94. The third-order valence-electron chi connectivity index (χ3n) is 7.76. The van der Waals surface area contributed by atoms with Gasteiger partial charge in [-0.25, -0.2) is 24.3 Å². The van der Waals surface area contributed by atoms with E-state index in [0.717, 1.165) is 36.7 Å². The number of nitrogens with one attached hydrogen (secondary N) is 1. The number of nitrogens with two attached hydrogens (primary N) is 1. The lowest BCUT2D eigenvalue weighted by Crippen LogP contribution is -2.33. The van der Waals surface area contributed by atoms with Crippen LogP contribution in [-0.2, 0) is 16.6 Å². The topological polar surface area (TPSA) is 155 Å². The van der Waals surface area contributed by atoms with E-state index in [1.54, 1.807) is 25.4 Å². The third-order valence-corrected chi connectivity index (χ3v) is 7.76. The Morgan fingerprint density at radius 3 is 2.79 bits per heavy atom. The van der Waals surface area contributed by atoms with E-state index in [9.17, 15) is 14.3 Å². The quantitative estimate of drug-likeness (QED) is 0.372. The number of halogens is 1. The van der Waals surface area contributed by atoms with E-state index in [1.165, 1.54) is 25.3 Å². The Bertz CT molecular complexity index is 1630. The Kier molecular flexibility index (Phi) is 5.48. The number of nitrogen functional groups attached to an aromatic ring is 1. The summed E-state index contributed by atoms with van der Waals surface area (Å²) < 4.78 is 16.4. The van der Waals surface area contributed by atoms with Crippen LogP contribution in [0.4, 0.5) is 16.0 Å². The van der Waals surface area contributed by atoms with Gasteiger partial charge in [0.25, 0.3) is 0 Å². The van der Waals surface area contributed by atoms with Crippen molar-refractivity contribution < 1.29 is 14.3 Å². The molecule has 0 radical (unpaired) electrons. The van der Waals surface area contributed by atoms with Gasteiger partial charge in [0.1, 0.15) is 45.9 Å². The Balaban J connectivity index is 1.44. The largest absolute Gasteiger partial charge is 0.506 e. The van der Waals surface area contributed by atoms with Crippen LogP contribution in [0.3, 0.4) is 0 Å². The van der Waals surface area contributed by atoms with Gasteiger partial charge >= 0.3 is 0 Å². The lowest BCUT2D eigenvalue weighted by molar-refractivity contribution is -0.119. The summed E-state index contributed by atoms with van der Waals surface area (Å²) in [6, 6.07) is 3.85. The van der Waals surface area contributed by atoms with E-state index in [4.69, 9.17) is 16.0 Å². The first kappa shape index (κ1) is 23.8. The first-order valence-corrected chi connectivity index (χ1v) is 12.5. The van der Waals surface area contributed by atoms with Crippen LogP contribution in [0.1, 0.15) is 61.4 Å². The molecule has 192 valence electrons. The van der Waals surface area contributed by atoms with Crippen molar-refractivity contribution in [3.8, 4) is 23.3 Å². The number of hydrogen-bond acceptors (Lipinski definition) is 8. The van der Waals surface area contributed by atoms with Crippen molar-refractivity contribution in [2.24, 2.45) is 5.92 Å². The number of aromatic nitrogens is 5. The first-order chi connectivity index (χ1) is 18.3. The number of aromatic hydroxyl groups is 1. The zero-order chi connectivity index (χ0) is 26.6. The van der Waals surface area contributed by atoms with E-state index >= 15 is 0 Å². The van der Waals surface area contributed by atoms with Gasteiger partial charge in [-0.15, -0.1) is 0 Å². The zero-order valence-corrected chi connectivity index (χ0v) is 20.7. The summed E-state index contributed by atoms with van der Waals surface area (Å²) >= 11 is 0. The minimum atomic E-state index is -1.49. The average molecular weight is 513 g/mol. The number of benzene rings is 1. The Labute approximate surface area is 217 Å². The number of carbonyl (C=O) groups excluding carboxylic acids is 1. The van der Waals surface area contributed by atoms with E-state index in [0.29, 0.717) is 11.6 Å². The molecule has 1 fully saturated rings. The second kappa shape index (κ2) is 8.76.